The number of carbonyl (C=O) groups excluding carboxylic acids is 1. The first-order chi connectivity index (χ1) is 11.0. The molecule has 3 aromatic rings. The first kappa shape index (κ1) is 15.6. The monoisotopic (exact) mass is 326 g/mol. The molecule has 0 aliphatic heterocycles. The molecule has 4 heteroatoms. The molecular weight excluding hydrogens is 308 g/mol. The van der Waals surface area contributed by atoms with Gasteiger partial charge in [-0.15, -0.1) is 11.3 Å². The van der Waals surface area contributed by atoms with Crippen molar-refractivity contribution < 1.29 is 14.6 Å². The van der Waals surface area contributed by atoms with Gasteiger partial charge in [0.2, 0.25) is 5.78 Å². The third-order valence-electron chi connectivity index (χ3n) is 3.85. The first-order valence-electron chi connectivity index (χ1n) is 7.45. The molecule has 3 nitrogen and oxygen atoms in total. The molecule has 0 amide bonds. The zero-order chi connectivity index (χ0) is 16.6. The summed E-state index contributed by atoms with van der Waals surface area (Å²) < 4.78 is 6.08. The summed E-state index contributed by atoms with van der Waals surface area (Å²) >= 11 is 1.44. The molecule has 0 aliphatic rings. The van der Waals surface area contributed by atoms with E-state index in [9.17, 15) is 9.90 Å². The minimum atomic E-state index is 0.0112. The predicted molar refractivity (Wildman–Crippen MR) is 94.0 cm³/mol. The van der Waals surface area contributed by atoms with Crippen molar-refractivity contribution in [1.82, 2.24) is 0 Å². The van der Waals surface area contributed by atoms with Gasteiger partial charge in [-0.2, -0.15) is 0 Å². The maximum atomic E-state index is 12.9. The Morgan fingerprint density at radius 1 is 1.13 bits per heavy atom. The molecule has 0 radical (unpaired) electrons. The summed E-state index contributed by atoms with van der Waals surface area (Å²) in [6.07, 6.45) is 0. The van der Waals surface area contributed by atoms with E-state index < -0.39 is 0 Å². The van der Waals surface area contributed by atoms with Crippen molar-refractivity contribution in [2.75, 3.05) is 7.11 Å². The Hall–Kier alpha value is -2.33. The third-order valence-corrected chi connectivity index (χ3v) is 5.01. The van der Waals surface area contributed by atoms with E-state index in [1.54, 1.807) is 43.5 Å². The van der Waals surface area contributed by atoms with Crippen LogP contribution in [-0.4, -0.2) is 18.0 Å². The zero-order valence-corrected chi connectivity index (χ0v) is 14.1. The normalized spacial score (nSPS) is 11.1. The summed E-state index contributed by atoms with van der Waals surface area (Å²) in [6, 6.07) is 12.4. The van der Waals surface area contributed by atoms with E-state index in [1.165, 1.54) is 11.3 Å². The second kappa shape index (κ2) is 6.05. The lowest BCUT2D eigenvalue weighted by Crippen LogP contribution is -2.03. The molecule has 0 saturated carbocycles. The zero-order valence-electron chi connectivity index (χ0n) is 13.3. The Bertz CT molecular complexity index is 860. The smallest absolute Gasteiger partial charge is 0.203 e. The highest BCUT2D eigenvalue weighted by Crippen LogP contribution is 2.38. The average Bonchev–Trinajstić information content (AvgIpc) is 2.92. The van der Waals surface area contributed by atoms with Crippen LogP contribution < -0.4 is 4.74 Å². The number of ether oxygens (including phenoxy) is 1. The fraction of sp³-hybridized carbons (Fsp3) is 0.211. The Labute approximate surface area is 139 Å². The van der Waals surface area contributed by atoms with Crippen molar-refractivity contribution in [3.63, 3.8) is 0 Å². The number of fused-ring (bicyclic) bond motifs is 1. The summed E-state index contributed by atoms with van der Waals surface area (Å²) in [7, 11) is 1.60. The van der Waals surface area contributed by atoms with E-state index in [0.29, 0.717) is 5.56 Å². The van der Waals surface area contributed by atoms with Gasteiger partial charge in [0.25, 0.3) is 0 Å². The second-order valence-corrected chi connectivity index (χ2v) is 6.79. The van der Waals surface area contributed by atoms with Gasteiger partial charge in [-0.1, -0.05) is 13.8 Å². The maximum Gasteiger partial charge on any atom is 0.203 e. The summed E-state index contributed by atoms with van der Waals surface area (Å²) in [6.45, 7) is 4.16. The number of thiophene rings is 1. The Kier molecular flexibility index (Phi) is 4.09. The first-order valence-corrected chi connectivity index (χ1v) is 8.27. The molecule has 0 fully saturated rings. The highest BCUT2D eigenvalue weighted by Gasteiger charge is 2.21. The molecule has 1 aromatic heterocycles. The molecule has 1 N–H and O–H groups in total. The van der Waals surface area contributed by atoms with Gasteiger partial charge in [0.05, 0.1) is 12.0 Å². The number of ketones is 1. The highest BCUT2D eigenvalue weighted by molar-refractivity contribution is 7.21. The Morgan fingerprint density at radius 3 is 2.43 bits per heavy atom. The second-order valence-electron chi connectivity index (χ2n) is 5.74. The van der Waals surface area contributed by atoms with Gasteiger partial charge in [0.15, 0.2) is 0 Å². The van der Waals surface area contributed by atoms with Gasteiger partial charge in [-0.05, 0) is 59.3 Å². The number of aromatic hydroxyl groups is 1. The standard InChI is InChI=1S/C19H18O3S/c1-11(2)17-15-9-6-13(20)10-16(15)23-19(17)18(21)12-4-7-14(22-3)8-5-12/h4-11,20H,1-3H3. The molecule has 0 saturated heterocycles. The van der Waals surface area contributed by atoms with Gasteiger partial charge in [-0.25, -0.2) is 0 Å². The van der Waals surface area contributed by atoms with Crippen molar-refractivity contribution in [2.24, 2.45) is 0 Å². The maximum absolute atomic E-state index is 12.9. The van der Waals surface area contributed by atoms with Crippen LogP contribution in [-0.2, 0) is 0 Å². The topological polar surface area (TPSA) is 46.5 Å². The lowest BCUT2D eigenvalue weighted by Gasteiger charge is -2.08. The Balaban J connectivity index is 2.13. The molecule has 1 heterocycles. The van der Waals surface area contributed by atoms with E-state index in [0.717, 1.165) is 26.3 Å². The van der Waals surface area contributed by atoms with Crippen LogP contribution in [0.2, 0.25) is 0 Å². The number of phenols is 1. The van der Waals surface area contributed by atoms with Crippen LogP contribution in [0.4, 0.5) is 0 Å². The van der Waals surface area contributed by atoms with Crippen LogP contribution >= 0.6 is 11.3 Å². The van der Waals surface area contributed by atoms with E-state index >= 15 is 0 Å². The van der Waals surface area contributed by atoms with Crippen molar-refractivity contribution in [2.45, 2.75) is 19.8 Å². The lowest BCUT2D eigenvalue weighted by molar-refractivity contribution is 0.104. The highest BCUT2D eigenvalue weighted by atomic mass is 32.1. The Morgan fingerprint density at radius 2 is 1.83 bits per heavy atom. The summed E-state index contributed by atoms with van der Waals surface area (Å²) in [5.41, 5.74) is 1.69. The number of phenolic OH excluding ortho intramolecular Hbond substituents is 1. The van der Waals surface area contributed by atoms with Crippen LogP contribution in [0.1, 0.15) is 40.6 Å². The average molecular weight is 326 g/mol. The van der Waals surface area contributed by atoms with Crippen LogP contribution in [0, 0.1) is 0 Å². The fourth-order valence-corrected chi connectivity index (χ4v) is 4.07. The molecule has 23 heavy (non-hydrogen) atoms. The van der Waals surface area contributed by atoms with Crippen molar-refractivity contribution in [1.29, 1.82) is 0 Å². The van der Waals surface area contributed by atoms with Gasteiger partial charge < -0.3 is 9.84 Å². The largest absolute Gasteiger partial charge is 0.508 e. The number of carbonyl (C=O) groups is 1. The van der Waals surface area contributed by atoms with Gasteiger partial charge >= 0.3 is 0 Å². The number of rotatable bonds is 4. The van der Waals surface area contributed by atoms with Gasteiger partial charge in [-0.3, -0.25) is 4.79 Å². The quantitative estimate of drug-likeness (QED) is 0.689. The van der Waals surface area contributed by atoms with E-state index in [1.807, 2.05) is 6.07 Å². The molecule has 2 aromatic carbocycles. The molecule has 118 valence electrons. The molecular formula is C19H18O3S. The SMILES string of the molecule is COc1ccc(C(=O)c2sc3cc(O)ccc3c2C(C)C)cc1. The van der Waals surface area contributed by atoms with Gasteiger partial charge in [0.1, 0.15) is 11.5 Å². The van der Waals surface area contributed by atoms with Crippen LogP contribution in [0.15, 0.2) is 42.5 Å². The number of methoxy groups -OCH3 is 1. The fourth-order valence-electron chi connectivity index (χ4n) is 2.72. The minimum Gasteiger partial charge on any atom is -0.508 e. The summed E-state index contributed by atoms with van der Waals surface area (Å²) in [5.74, 6) is 1.19. The third kappa shape index (κ3) is 2.82. The van der Waals surface area contributed by atoms with Crippen molar-refractivity contribution in [3.05, 3.63) is 58.5 Å². The molecule has 3 rings (SSSR count). The lowest BCUT2D eigenvalue weighted by atomic mass is 9.96. The van der Waals surface area contributed by atoms with Crippen LogP contribution in [0.5, 0.6) is 11.5 Å². The van der Waals surface area contributed by atoms with E-state index in [4.69, 9.17) is 4.74 Å². The van der Waals surface area contributed by atoms with Crippen LogP contribution in [0.25, 0.3) is 10.1 Å². The molecule has 0 unspecified atom stereocenters. The minimum absolute atomic E-state index is 0.0112. The van der Waals surface area contributed by atoms with Gasteiger partial charge in [0, 0.05) is 10.3 Å². The van der Waals surface area contributed by atoms with E-state index in [2.05, 4.69) is 13.8 Å². The summed E-state index contributed by atoms with van der Waals surface area (Å²) in [4.78, 5) is 13.7. The van der Waals surface area contributed by atoms with E-state index in [-0.39, 0.29) is 17.5 Å². The molecule has 0 bridgehead atoms. The predicted octanol–water partition coefficient (Wildman–Crippen LogP) is 4.97. The van der Waals surface area contributed by atoms with Crippen molar-refractivity contribution in [3.8, 4) is 11.5 Å². The molecule has 0 atom stereocenters. The number of benzene rings is 2. The van der Waals surface area contributed by atoms with Crippen molar-refractivity contribution >= 4 is 27.2 Å². The number of hydrogen-bond donors (Lipinski definition) is 1. The summed E-state index contributed by atoms with van der Waals surface area (Å²) in [5, 5.41) is 10.7. The molecule has 0 aliphatic carbocycles. The number of hydrogen-bond acceptors (Lipinski definition) is 4. The molecule has 0 spiro atoms. The van der Waals surface area contributed by atoms with Crippen LogP contribution in [0.3, 0.4) is 0 Å².